The Morgan fingerprint density at radius 2 is 1.72 bits per heavy atom. The van der Waals surface area contributed by atoms with Gasteiger partial charge >= 0.3 is 5.97 Å². The van der Waals surface area contributed by atoms with E-state index < -0.39 is 0 Å². The van der Waals surface area contributed by atoms with E-state index in [1.54, 1.807) is 0 Å². The smallest absolute Gasteiger partial charge is 0.309 e. The summed E-state index contributed by atoms with van der Waals surface area (Å²) < 4.78 is 5.12. The molecule has 0 unspecified atom stereocenters. The van der Waals surface area contributed by atoms with Gasteiger partial charge in [-0.05, 0) is 45.4 Å². The van der Waals surface area contributed by atoms with Crippen LogP contribution in [-0.4, -0.2) is 35.5 Å². The maximum atomic E-state index is 12.1. The number of carbonyl (C=O) groups excluding carboxylic acids is 2. The summed E-state index contributed by atoms with van der Waals surface area (Å²) in [6.45, 7) is 6.08. The molecule has 0 bridgehead atoms. The number of ether oxygens (including phenoxy) is 1. The second kappa shape index (κ2) is 5.29. The standard InChI is InChI=1S/C14H23NO3/c1-9-7-12(9)14(17)18-8-13(16)15-10(2)5-4-6-11(15)3/h9-12H,4-8H2,1-3H3/t9-,10-,11+,12+/m0/s1. The fourth-order valence-electron chi connectivity index (χ4n) is 2.88. The fourth-order valence-corrected chi connectivity index (χ4v) is 2.88. The molecule has 0 aromatic carbocycles. The highest BCUT2D eigenvalue weighted by Gasteiger charge is 2.41. The van der Waals surface area contributed by atoms with E-state index in [0.717, 1.165) is 19.3 Å². The minimum Gasteiger partial charge on any atom is -0.455 e. The molecular weight excluding hydrogens is 230 g/mol. The Hall–Kier alpha value is -1.06. The monoisotopic (exact) mass is 253 g/mol. The van der Waals surface area contributed by atoms with Gasteiger partial charge in [0, 0.05) is 12.1 Å². The molecule has 1 aliphatic carbocycles. The minimum absolute atomic E-state index is 0.0361. The lowest BCUT2D eigenvalue weighted by molar-refractivity contribution is -0.156. The first kappa shape index (κ1) is 13.4. The lowest BCUT2D eigenvalue weighted by Crippen LogP contribution is -2.49. The van der Waals surface area contributed by atoms with Gasteiger partial charge in [-0.1, -0.05) is 6.92 Å². The van der Waals surface area contributed by atoms with E-state index in [4.69, 9.17) is 4.74 Å². The fraction of sp³-hybridized carbons (Fsp3) is 0.857. The molecular formula is C14H23NO3. The van der Waals surface area contributed by atoms with Gasteiger partial charge in [0.05, 0.1) is 5.92 Å². The van der Waals surface area contributed by atoms with Gasteiger partial charge in [0.25, 0.3) is 5.91 Å². The highest BCUT2D eigenvalue weighted by Crippen LogP contribution is 2.38. The Bertz CT molecular complexity index is 332. The molecule has 2 aliphatic rings. The van der Waals surface area contributed by atoms with Crippen molar-refractivity contribution in [3.63, 3.8) is 0 Å². The topological polar surface area (TPSA) is 46.6 Å². The third-order valence-corrected chi connectivity index (χ3v) is 4.23. The van der Waals surface area contributed by atoms with Crippen LogP contribution in [-0.2, 0) is 14.3 Å². The molecule has 0 N–H and O–H groups in total. The molecule has 0 aromatic heterocycles. The number of esters is 1. The van der Waals surface area contributed by atoms with Gasteiger partial charge in [0.2, 0.25) is 0 Å². The second-order valence-electron chi connectivity index (χ2n) is 5.86. The van der Waals surface area contributed by atoms with E-state index in [1.807, 2.05) is 11.8 Å². The third kappa shape index (κ3) is 2.85. The summed E-state index contributed by atoms with van der Waals surface area (Å²) in [5, 5.41) is 0. The van der Waals surface area contributed by atoms with Crippen molar-refractivity contribution >= 4 is 11.9 Å². The molecule has 18 heavy (non-hydrogen) atoms. The van der Waals surface area contributed by atoms with Crippen LogP contribution in [0.5, 0.6) is 0 Å². The first-order chi connectivity index (χ1) is 8.50. The van der Waals surface area contributed by atoms with E-state index in [1.165, 1.54) is 6.42 Å². The molecule has 4 heteroatoms. The molecule has 1 saturated heterocycles. The van der Waals surface area contributed by atoms with Crippen molar-refractivity contribution in [1.29, 1.82) is 0 Å². The van der Waals surface area contributed by atoms with Gasteiger partial charge in [-0.3, -0.25) is 9.59 Å². The predicted molar refractivity (Wildman–Crippen MR) is 67.9 cm³/mol. The molecule has 2 rings (SSSR count). The van der Waals surface area contributed by atoms with E-state index in [-0.39, 0.29) is 36.5 Å². The zero-order valence-corrected chi connectivity index (χ0v) is 11.5. The van der Waals surface area contributed by atoms with Crippen molar-refractivity contribution in [3.8, 4) is 0 Å². The van der Waals surface area contributed by atoms with Crippen molar-refractivity contribution in [2.75, 3.05) is 6.61 Å². The van der Waals surface area contributed by atoms with Crippen molar-refractivity contribution in [3.05, 3.63) is 0 Å². The van der Waals surface area contributed by atoms with Crippen molar-refractivity contribution in [2.24, 2.45) is 11.8 Å². The van der Waals surface area contributed by atoms with Gasteiger partial charge < -0.3 is 9.64 Å². The van der Waals surface area contributed by atoms with Gasteiger partial charge in [-0.15, -0.1) is 0 Å². The molecule has 0 radical (unpaired) electrons. The Kier molecular flexibility index (Phi) is 3.93. The average molecular weight is 253 g/mol. The normalized spacial score (nSPS) is 35.2. The predicted octanol–water partition coefficient (Wildman–Crippen LogP) is 1.98. The number of piperidine rings is 1. The quantitative estimate of drug-likeness (QED) is 0.722. The maximum Gasteiger partial charge on any atom is 0.309 e. The Labute approximate surface area is 109 Å². The van der Waals surface area contributed by atoms with Crippen LogP contribution < -0.4 is 0 Å². The van der Waals surface area contributed by atoms with Gasteiger partial charge in [0.1, 0.15) is 0 Å². The SMILES string of the molecule is C[C@@H]1CCC[C@H](C)N1C(=O)COC(=O)[C@@H]1C[C@@H]1C. The van der Waals surface area contributed by atoms with Crippen LogP contribution in [0, 0.1) is 11.8 Å². The minimum atomic E-state index is -0.201. The molecule has 1 aliphatic heterocycles. The number of likely N-dealkylation sites (tertiary alicyclic amines) is 1. The molecule has 1 amide bonds. The van der Waals surface area contributed by atoms with E-state index >= 15 is 0 Å². The van der Waals surface area contributed by atoms with E-state index in [2.05, 4.69) is 13.8 Å². The lowest BCUT2D eigenvalue weighted by Gasteiger charge is -2.38. The van der Waals surface area contributed by atoms with Crippen molar-refractivity contribution in [2.45, 2.75) is 58.5 Å². The van der Waals surface area contributed by atoms with Crippen LogP contribution >= 0.6 is 0 Å². The summed E-state index contributed by atoms with van der Waals surface area (Å²) in [5.74, 6) is 0.221. The van der Waals surface area contributed by atoms with Crippen molar-refractivity contribution < 1.29 is 14.3 Å². The summed E-state index contributed by atoms with van der Waals surface area (Å²) >= 11 is 0. The molecule has 1 saturated carbocycles. The molecule has 1 heterocycles. The highest BCUT2D eigenvalue weighted by atomic mass is 16.5. The van der Waals surface area contributed by atoms with Gasteiger partial charge in [-0.25, -0.2) is 0 Å². The second-order valence-corrected chi connectivity index (χ2v) is 5.86. The van der Waals surface area contributed by atoms with Crippen LogP contribution in [0.3, 0.4) is 0 Å². The maximum absolute atomic E-state index is 12.1. The number of hydrogen-bond donors (Lipinski definition) is 0. The van der Waals surface area contributed by atoms with E-state index in [9.17, 15) is 9.59 Å². The Balaban J connectivity index is 1.81. The largest absolute Gasteiger partial charge is 0.455 e. The van der Waals surface area contributed by atoms with E-state index in [0.29, 0.717) is 5.92 Å². The third-order valence-electron chi connectivity index (χ3n) is 4.23. The molecule has 4 nitrogen and oxygen atoms in total. The zero-order valence-electron chi connectivity index (χ0n) is 11.5. The van der Waals surface area contributed by atoms with Crippen LogP contribution in [0.15, 0.2) is 0 Å². The molecule has 2 fully saturated rings. The highest BCUT2D eigenvalue weighted by molar-refractivity contribution is 5.82. The van der Waals surface area contributed by atoms with Crippen LogP contribution in [0.1, 0.15) is 46.5 Å². The first-order valence-electron chi connectivity index (χ1n) is 6.98. The molecule has 0 aromatic rings. The summed E-state index contributed by atoms with van der Waals surface area (Å²) in [4.78, 5) is 25.6. The first-order valence-corrected chi connectivity index (χ1v) is 6.98. The Morgan fingerprint density at radius 3 is 2.22 bits per heavy atom. The zero-order chi connectivity index (χ0) is 13.3. The number of hydrogen-bond acceptors (Lipinski definition) is 3. The number of amides is 1. The van der Waals surface area contributed by atoms with Gasteiger partial charge in [-0.2, -0.15) is 0 Å². The summed E-state index contributed by atoms with van der Waals surface area (Å²) in [6.07, 6.45) is 4.17. The van der Waals surface area contributed by atoms with Crippen LogP contribution in [0.2, 0.25) is 0 Å². The number of nitrogens with zero attached hydrogens (tertiary/aromatic N) is 1. The molecule has 102 valence electrons. The van der Waals surface area contributed by atoms with Crippen molar-refractivity contribution in [1.82, 2.24) is 4.90 Å². The summed E-state index contributed by atoms with van der Waals surface area (Å²) in [5.41, 5.74) is 0. The average Bonchev–Trinajstić information content (AvgIpc) is 3.03. The lowest BCUT2D eigenvalue weighted by atomic mass is 9.97. The van der Waals surface area contributed by atoms with Crippen LogP contribution in [0.25, 0.3) is 0 Å². The summed E-state index contributed by atoms with van der Waals surface area (Å²) in [7, 11) is 0. The van der Waals surface area contributed by atoms with Crippen LogP contribution in [0.4, 0.5) is 0 Å². The number of rotatable bonds is 3. The Morgan fingerprint density at radius 1 is 1.17 bits per heavy atom. The molecule has 0 spiro atoms. The molecule has 4 atom stereocenters. The van der Waals surface area contributed by atoms with Gasteiger partial charge in [0.15, 0.2) is 6.61 Å². The summed E-state index contributed by atoms with van der Waals surface area (Å²) in [6, 6.07) is 0.527. The number of carbonyl (C=O) groups is 2.